The van der Waals surface area contributed by atoms with Crippen molar-refractivity contribution in [1.82, 2.24) is 9.55 Å². The molecule has 4 rings (SSSR count). The minimum Gasteiger partial charge on any atom is -0.491 e. The first kappa shape index (κ1) is 21.6. The molecule has 2 aromatic carbocycles. The fourth-order valence-corrected chi connectivity index (χ4v) is 3.85. The Morgan fingerprint density at radius 2 is 1.93 bits per heavy atom. The normalized spacial score (nSPS) is 17.4. The summed E-state index contributed by atoms with van der Waals surface area (Å²) in [4.78, 5) is 4.79. The van der Waals surface area contributed by atoms with Gasteiger partial charge in [-0.25, -0.2) is 4.98 Å². The van der Waals surface area contributed by atoms with Crippen molar-refractivity contribution in [1.29, 1.82) is 0 Å². The van der Waals surface area contributed by atoms with E-state index in [2.05, 4.69) is 24.5 Å². The molecule has 1 saturated heterocycles. The molecule has 29 heavy (non-hydrogen) atoms. The number of benzene rings is 2. The van der Waals surface area contributed by atoms with Gasteiger partial charge in [0.1, 0.15) is 30.4 Å². The second-order valence-corrected chi connectivity index (χ2v) is 7.73. The van der Waals surface area contributed by atoms with Crippen molar-refractivity contribution in [3.8, 4) is 5.75 Å². The van der Waals surface area contributed by atoms with Crippen LogP contribution in [0.4, 0.5) is 0 Å². The van der Waals surface area contributed by atoms with Crippen LogP contribution in [0.3, 0.4) is 0 Å². The third kappa shape index (κ3) is 4.74. The Hall–Kier alpha value is -2.08. The molecule has 3 aromatic rings. The molecule has 0 radical (unpaired) electrons. The van der Waals surface area contributed by atoms with E-state index >= 15 is 0 Å². The van der Waals surface area contributed by atoms with Gasteiger partial charge in [-0.1, -0.05) is 44.2 Å². The van der Waals surface area contributed by atoms with Gasteiger partial charge in [-0.3, -0.25) is 0 Å². The third-order valence-electron chi connectivity index (χ3n) is 5.27. The van der Waals surface area contributed by atoms with Crippen molar-refractivity contribution in [2.24, 2.45) is 0 Å². The molecule has 1 fully saturated rings. The number of aliphatic hydroxyl groups is 1. The van der Waals surface area contributed by atoms with E-state index in [0.717, 1.165) is 47.6 Å². The van der Waals surface area contributed by atoms with Crippen LogP contribution in [0.15, 0.2) is 48.5 Å². The first-order valence-corrected chi connectivity index (χ1v) is 10.1. The van der Waals surface area contributed by atoms with E-state index in [4.69, 9.17) is 14.5 Å². The molecule has 2 heterocycles. The predicted molar refractivity (Wildman–Crippen MR) is 117 cm³/mol. The second-order valence-electron chi connectivity index (χ2n) is 7.73. The average molecular weight is 417 g/mol. The maximum atomic E-state index is 10.7. The molecule has 0 amide bonds. The van der Waals surface area contributed by atoms with Crippen molar-refractivity contribution in [3.63, 3.8) is 0 Å². The van der Waals surface area contributed by atoms with Crippen molar-refractivity contribution >= 4 is 23.4 Å². The summed E-state index contributed by atoms with van der Waals surface area (Å²) in [6, 6.07) is 16.1. The highest BCUT2D eigenvalue weighted by atomic mass is 35.5. The van der Waals surface area contributed by atoms with Crippen molar-refractivity contribution < 1.29 is 14.6 Å². The standard InChI is InChI=1S/C23H28N2O3.ClH/c1-16(2)18-8-3-6-11-21(18)28-15-17(26)14-25-20-10-5-4-9-19(20)24-23(25)22-12-7-13-27-22;/h3-6,8-11,16-17,22,26H,7,12-15H2,1-2H3;1H. The van der Waals surface area contributed by atoms with Gasteiger partial charge in [0.25, 0.3) is 0 Å². The van der Waals surface area contributed by atoms with Crippen LogP contribution >= 0.6 is 12.4 Å². The van der Waals surface area contributed by atoms with Gasteiger partial charge < -0.3 is 19.1 Å². The predicted octanol–water partition coefficient (Wildman–Crippen LogP) is 4.87. The molecule has 0 bridgehead atoms. The maximum Gasteiger partial charge on any atom is 0.139 e. The number of ether oxygens (including phenoxy) is 2. The summed E-state index contributed by atoms with van der Waals surface area (Å²) in [6.07, 6.45) is 1.38. The van der Waals surface area contributed by atoms with Gasteiger partial charge in [0.05, 0.1) is 17.6 Å². The van der Waals surface area contributed by atoms with E-state index < -0.39 is 6.10 Å². The number of rotatable bonds is 7. The highest BCUT2D eigenvalue weighted by molar-refractivity contribution is 5.85. The SMILES string of the molecule is CC(C)c1ccccc1OCC(O)Cn1c(C2CCCO2)nc2ccccc21.Cl. The number of hydrogen-bond acceptors (Lipinski definition) is 4. The van der Waals surface area contributed by atoms with Gasteiger partial charge in [0, 0.05) is 6.61 Å². The van der Waals surface area contributed by atoms with Crippen LogP contribution in [0.2, 0.25) is 0 Å². The zero-order chi connectivity index (χ0) is 19.5. The molecule has 1 N–H and O–H groups in total. The minimum absolute atomic E-state index is 0. The third-order valence-corrected chi connectivity index (χ3v) is 5.27. The average Bonchev–Trinajstić information content (AvgIpc) is 3.35. The molecule has 156 valence electrons. The van der Waals surface area contributed by atoms with Gasteiger partial charge >= 0.3 is 0 Å². The summed E-state index contributed by atoms with van der Waals surface area (Å²) in [7, 11) is 0. The smallest absolute Gasteiger partial charge is 0.139 e. The van der Waals surface area contributed by atoms with Crippen LogP contribution in [-0.2, 0) is 11.3 Å². The second kappa shape index (κ2) is 9.61. The number of para-hydroxylation sites is 3. The van der Waals surface area contributed by atoms with Gasteiger partial charge in [0.15, 0.2) is 0 Å². The molecule has 1 aromatic heterocycles. The Kier molecular flexibility index (Phi) is 7.17. The fourth-order valence-electron chi connectivity index (χ4n) is 3.85. The number of aliphatic hydroxyl groups excluding tert-OH is 1. The van der Waals surface area contributed by atoms with E-state index in [-0.39, 0.29) is 25.1 Å². The highest BCUT2D eigenvalue weighted by Gasteiger charge is 2.25. The van der Waals surface area contributed by atoms with E-state index in [1.807, 2.05) is 42.5 Å². The lowest BCUT2D eigenvalue weighted by atomic mass is 10.0. The van der Waals surface area contributed by atoms with Crippen LogP contribution in [0, 0.1) is 0 Å². The first-order chi connectivity index (χ1) is 13.6. The first-order valence-electron chi connectivity index (χ1n) is 10.1. The molecular weight excluding hydrogens is 388 g/mol. The zero-order valence-corrected chi connectivity index (χ0v) is 17.8. The van der Waals surface area contributed by atoms with Crippen molar-refractivity contribution in [2.75, 3.05) is 13.2 Å². The molecule has 0 aliphatic carbocycles. The monoisotopic (exact) mass is 416 g/mol. The van der Waals surface area contributed by atoms with Crippen LogP contribution in [0.25, 0.3) is 11.0 Å². The van der Waals surface area contributed by atoms with Gasteiger partial charge in [-0.2, -0.15) is 0 Å². The lowest BCUT2D eigenvalue weighted by molar-refractivity contribution is 0.0802. The number of imidazole rings is 1. The Bertz CT molecular complexity index is 935. The lowest BCUT2D eigenvalue weighted by Crippen LogP contribution is -2.25. The molecule has 0 saturated carbocycles. The molecule has 1 aliphatic heterocycles. The number of hydrogen-bond donors (Lipinski definition) is 1. The fraction of sp³-hybridized carbons (Fsp3) is 0.435. The molecule has 1 aliphatic rings. The van der Waals surface area contributed by atoms with E-state index in [1.165, 1.54) is 0 Å². The Labute approximate surface area is 178 Å². The quantitative estimate of drug-likeness (QED) is 0.596. The van der Waals surface area contributed by atoms with E-state index in [9.17, 15) is 5.11 Å². The summed E-state index contributed by atoms with van der Waals surface area (Å²) in [5.41, 5.74) is 3.11. The van der Waals surface area contributed by atoms with Gasteiger partial charge in [-0.15, -0.1) is 12.4 Å². The summed E-state index contributed by atoms with van der Waals surface area (Å²) >= 11 is 0. The number of halogens is 1. The van der Waals surface area contributed by atoms with E-state index in [1.54, 1.807) is 0 Å². The van der Waals surface area contributed by atoms with Crippen LogP contribution in [0.1, 0.15) is 50.1 Å². The van der Waals surface area contributed by atoms with Crippen LogP contribution in [-0.4, -0.2) is 34.0 Å². The van der Waals surface area contributed by atoms with Crippen molar-refractivity contribution in [2.45, 2.75) is 51.4 Å². The minimum atomic E-state index is -0.641. The molecule has 6 heteroatoms. The van der Waals surface area contributed by atoms with E-state index in [0.29, 0.717) is 12.5 Å². The summed E-state index contributed by atoms with van der Waals surface area (Å²) in [5, 5.41) is 10.7. The summed E-state index contributed by atoms with van der Waals surface area (Å²) < 4.78 is 13.9. The largest absolute Gasteiger partial charge is 0.491 e. The van der Waals surface area contributed by atoms with Crippen LogP contribution < -0.4 is 4.74 Å². The van der Waals surface area contributed by atoms with Gasteiger partial charge in [0.2, 0.25) is 0 Å². The molecular formula is C23H29ClN2O3. The molecule has 2 unspecified atom stereocenters. The Morgan fingerprint density at radius 3 is 2.69 bits per heavy atom. The van der Waals surface area contributed by atoms with Gasteiger partial charge in [-0.05, 0) is 42.5 Å². The molecule has 5 nitrogen and oxygen atoms in total. The van der Waals surface area contributed by atoms with Crippen LogP contribution in [0.5, 0.6) is 5.75 Å². The number of nitrogens with zero attached hydrogens (tertiary/aromatic N) is 2. The molecule has 0 spiro atoms. The van der Waals surface area contributed by atoms with Crippen molar-refractivity contribution in [3.05, 3.63) is 59.9 Å². The number of fused-ring (bicyclic) bond motifs is 1. The highest BCUT2D eigenvalue weighted by Crippen LogP contribution is 2.31. The summed E-state index contributed by atoms with van der Waals surface area (Å²) in [5.74, 6) is 2.11. The topological polar surface area (TPSA) is 56.5 Å². The summed E-state index contributed by atoms with van der Waals surface area (Å²) in [6.45, 7) is 5.72. The maximum absolute atomic E-state index is 10.7. The number of aromatic nitrogens is 2. The zero-order valence-electron chi connectivity index (χ0n) is 17.0. The Balaban J connectivity index is 0.00000240. The molecule has 2 atom stereocenters. The Morgan fingerprint density at radius 1 is 1.17 bits per heavy atom. The lowest BCUT2D eigenvalue weighted by Gasteiger charge is -2.19.